The van der Waals surface area contributed by atoms with E-state index in [0.717, 1.165) is 42.9 Å². The molecule has 0 aliphatic carbocycles. The lowest BCUT2D eigenvalue weighted by atomic mass is 10.0. The van der Waals surface area contributed by atoms with Gasteiger partial charge < -0.3 is 19.7 Å². The topological polar surface area (TPSA) is 74.6 Å². The number of halogens is 1. The molecule has 31 heavy (non-hydrogen) atoms. The predicted molar refractivity (Wildman–Crippen MR) is 115 cm³/mol. The summed E-state index contributed by atoms with van der Waals surface area (Å²) in [5, 5.41) is 12.0. The van der Waals surface area contributed by atoms with Gasteiger partial charge in [-0.15, -0.1) is 0 Å². The lowest BCUT2D eigenvalue weighted by Gasteiger charge is -2.35. The van der Waals surface area contributed by atoms with E-state index in [9.17, 15) is 9.18 Å². The van der Waals surface area contributed by atoms with Gasteiger partial charge in [0.2, 0.25) is 5.91 Å². The summed E-state index contributed by atoms with van der Waals surface area (Å²) in [6, 6.07) is 12.3. The fourth-order valence-electron chi connectivity index (χ4n) is 4.07. The third kappa shape index (κ3) is 5.26. The molecule has 1 fully saturated rings. The van der Waals surface area contributed by atoms with Crippen molar-refractivity contribution in [1.82, 2.24) is 5.32 Å². The second kappa shape index (κ2) is 9.69. The molecule has 7 heteroatoms. The average Bonchev–Trinajstić information content (AvgIpc) is 3.02. The maximum Gasteiger partial charge on any atom is 0.220 e. The van der Waals surface area contributed by atoms with Crippen LogP contribution in [0.4, 0.5) is 10.1 Å². The normalized spacial score (nSPS) is 18.1. The first-order valence-corrected chi connectivity index (χ1v) is 10.7. The van der Waals surface area contributed by atoms with Gasteiger partial charge >= 0.3 is 0 Å². The first kappa shape index (κ1) is 21.0. The molecule has 1 saturated heterocycles. The van der Waals surface area contributed by atoms with Crippen molar-refractivity contribution < 1.29 is 18.7 Å². The van der Waals surface area contributed by atoms with Crippen molar-refractivity contribution in [3.63, 3.8) is 0 Å². The van der Waals surface area contributed by atoms with Crippen LogP contribution in [-0.4, -0.2) is 38.3 Å². The molecular formula is C24H26FN3O3. The number of hydrogen-bond acceptors (Lipinski definition) is 5. The van der Waals surface area contributed by atoms with Gasteiger partial charge in [0.1, 0.15) is 5.82 Å². The smallest absolute Gasteiger partial charge is 0.220 e. The number of fused-ring (bicyclic) bond motifs is 1. The van der Waals surface area contributed by atoms with Crippen LogP contribution in [-0.2, 0) is 11.2 Å². The molecule has 2 aromatic rings. The third-order valence-corrected chi connectivity index (χ3v) is 5.66. The van der Waals surface area contributed by atoms with Crippen LogP contribution in [0.3, 0.4) is 0 Å². The van der Waals surface area contributed by atoms with Crippen LogP contribution in [0.25, 0.3) is 0 Å². The molecule has 1 amide bonds. The Morgan fingerprint density at radius 1 is 1.16 bits per heavy atom. The summed E-state index contributed by atoms with van der Waals surface area (Å²) in [6.07, 6.45) is 3.58. The Morgan fingerprint density at radius 2 is 2.00 bits per heavy atom. The van der Waals surface area contributed by atoms with E-state index in [-0.39, 0.29) is 11.9 Å². The van der Waals surface area contributed by atoms with Crippen molar-refractivity contribution >= 4 is 11.6 Å². The number of amides is 1. The second-order valence-electron chi connectivity index (χ2n) is 7.96. The second-order valence-corrected chi connectivity index (χ2v) is 7.96. The van der Waals surface area contributed by atoms with Gasteiger partial charge in [0.15, 0.2) is 11.5 Å². The standard InChI is InChI=1S/C24H26FN3O3/c25-20-13-18(15-26)4-7-21(20)28-10-1-3-19(16-28)27-24(29)9-6-17-5-8-22-23(14-17)31-12-2-11-30-22/h4-5,7-8,13-14,19H,1-3,6,9-12,16H2,(H,27,29). The van der Waals surface area contributed by atoms with E-state index < -0.39 is 5.82 Å². The molecule has 1 unspecified atom stereocenters. The zero-order valence-corrected chi connectivity index (χ0v) is 17.4. The molecule has 0 radical (unpaired) electrons. The summed E-state index contributed by atoms with van der Waals surface area (Å²) in [5.41, 5.74) is 1.81. The Morgan fingerprint density at radius 3 is 2.81 bits per heavy atom. The molecule has 2 aliphatic rings. The van der Waals surface area contributed by atoms with Crippen LogP contribution < -0.4 is 19.7 Å². The van der Waals surface area contributed by atoms with E-state index in [4.69, 9.17) is 14.7 Å². The number of nitrogens with one attached hydrogen (secondary N) is 1. The van der Waals surface area contributed by atoms with Crippen molar-refractivity contribution in [1.29, 1.82) is 5.26 Å². The molecule has 0 aromatic heterocycles. The van der Waals surface area contributed by atoms with Gasteiger partial charge in [-0.3, -0.25) is 4.79 Å². The van der Waals surface area contributed by atoms with Gasteiger partial charge in [-0.1, -0.05) is 6.07 Å². The lowest BCUT2D eigenvalue weighted by molar-refractivity contribution is -0.121. The fraction of sp³-hybridized carbons (Fsp3) is 0.417. The van der Waals surface area contributed by atoms with Gasteiger partial charge in [-0.25, -0.2) is 4.39 Å². The van der Waals surface area contributed by atoms with Gasteiger partial charge in [-0.2, -0.15) is 5.26 Å². The highest BCUT2D eigenvalue weighted by Gasteiger charge is 2.23. The molecule has 0 bridgehead atoms. The van der Waals surface area contributed by atoms with Crippen molar-refractivity contribution in [3.8, 4) is 17.6 Å². The number of nitrogens with zero attached hydrogens (tertiary/aromatic N) is 2. The number of nitriles is 1. The number of piperidine rings is 1. The average molecular weight is 423 g/mol. The van der Waals surface area contributed by atoms with Gasteiger partial charge in [0.25, 0.3) is 0 Å². The maximum atomic E-state index is 14.4. The zero-order chi connectivity index (χ0) is 21.6. The highest BCUT2D eigenvalue weighted by molar-refractivity contribution is 5.76. The molecule has 0 spiro atoms. The van der Waals surface area contributed by atoms with E-state index >= 15 is 0 Å². The van der Waals surface area contributed by atoms with E-state index in [1.807, 2.05) is 29.2 Å². The number of anilines is 1. The van der Waals surface area contributed by atoms with Gasteiger partial charge in [0.05, 0.1) is 30.5 Å². The number of benzene rings is 2. The van der Waals surface area contributed by atoms with Crippen molar-refractivity contribution in [2.45, 2.75) is 38.1 Å². The minimum absolute atomic E-state index is 0.0146. The number of rotatable bonds is 5. The molecule has 4 rings (SSSR count). The third-order valence-electron chi connectivity index (χ3n) is 5.66. The minimum Gasteiger partial charge on any atom is -0.490 e. The lowest BCUT2D eigenvalue weighted by Crippen LogP contribution is -2.48. The van der Waals surface area contributed by atoms with Crippen molar-refractivity contribution in [2.75, 3.05) is 31.2 Å². The number of aryl methyl sites for hydroxylation is 1. The Hall–Kier alpha value is -3.27. The summed E-state index contributed by atoms with van der Waals surface area (Å²) < 4.78 is 25.7. The molecule has 2 aromatic carbocycles. The van der Waals surface area contributed by atoms with Crippen LogP contribution in [0.5, 0.6) is 11.5 Å². The fourth-order valence-corrected chi connectivity index (χ4v) is 4.07. The van der Waals surface area contributed by atoms with E-state index in [1.54, 1.807) is 12.1 Å². The van der Waals surface area contributed by atoms with Crippen molar-refractivity contribution in [3.05, 3.63) is 53.3 Å². The first-order valence-electron chi connectivity index (χ1n) is 10.7. The van der Waals surface area contributed by atoms with E-state index in [0.29, 0.717) is 43.9 Å². The molecule has 2 heterocycles. The zero-order valence-electron chi connectivity index (χ0n) is 17.4. The quantitative estimate of drug-likeness (QED) is 0.796. The maximum absolute atomic E-state index is 14.4. The SMILES string of the molecule is N#Cc1ccc(N2CCCC(NC(=O)CCc3ccc4c(c3)OCCCO4)C2)c(F)c1. The van der Waals surface area contributed by atoms with E-state index in [1.165, 1.54) is 6.07 Å². The van der Waals surface area contributed by atoms with Crippen LogP contribution in [0.1, 0.15) is 36.8 Å². The number of hydrogen-bond donors (Lipinski definition) is 1. The Kier molecular flexibility index (Phi) is 6.56. The molecule has 0 saturated carbocycles. The highest BCUT2D eigenvalue weighted by atomic mass is 19.1. The van der Waals surface area contributed by atoms with Crippen LogP contribution in [0.15, 0.2) is 36.4 Å². The molecular weight excluding hydrogens is 397 g/mol. The summed E-state index contributed by atoms with van der Waals surface area (Å²) in [4.78, 5) is 14.5. The first-order chi connectivity index (χ1) is 15.1. The largest absolute Gasteiger partial charge is 0.490 e. The van der Waals surface area contributed by atoms with Gasteiger partial charge in [0, 0.05) is 32.0 Å². The number of carbonyl (C=O) groups is 1. The monoisotopic (exact) mass is 423 g/mol. The minimum atomic E-state index is -0.402. The summed E-state index contributed by atoms with van der Waals surface area (Å²) in [5.74, 6) is 1.07. The molecule has 162 valence electrons. The molecule has 2 aliphatic heterocycles. The Labute approximate surface area is 181 Å². The highest BCUT2D eigenvalue weighted by Crippen LogP contribution is 2.31. The van der Waals surface area contributed by atoms with Crippen LogP contribution in [0, 0.1) is 17.1 Å². The van der Waals surface area contributed by atoms with Crippen LogP contribution in [0.2, 0.25) is 0 Å². The molecule has 1 atom stereocenters. The van der Waals surface area contributed by atoms with Crippen LogP contribution >= 0.6 is 0 Å². The molecule has 6 nitrogen and oxygen atoms in total. The molecule has 1 N–H and O–H groups in total. The van der Waals surface area contributed by atoms with Crippen molar-refractivity contribution in [2.24, 2.45) is 0 Å². The summed E-state index contributed by atoms with van der Waals surface area (Å²) in [7, 11) is 0. The Balaban J connectivity index is 1.30. The summed E-state index contributed by atoms with van der Waals surface area (Å²) in [6.45, 7) is 2.57. The predicted octanol–water partition coefficient (Wildman–Crippen LogP) is 3.58. The van der Waals surface area contributed by atoms with E-state index in [2.05, 4.69) is 5.32 Å². The van der Waals surface area contributed by atoms with Gasteiger partial charge in [-0.05, 0) is 55.2 Å². The number of carbonyl (C=O) groups excluding carboxylic acids is 1. The Bertz CT molecular complexity index is 989. The number of ether oxygens (including phenoxy) is 2. The summed E-state index contributed by atoms with van der Waals surface area (Å²) >= 11 is 0.